The zero-order valence-electron chi connectivity index (χ0n) is 9.64. The molecule has 1 N–H and O–H groups in total. The molecule has 15 heavy (non-hydrogen) atoms. The molecule has 1 nitrogen and oxygen atoms in total. The minimum atomic E-state index is 0.813. The van der Waals surface area contributed by atoms with Crippen molar-refractivity contribution in [2.75, 3.05) is 13.6 Å². The summed E-state index contributed by atoms with van der Waals surface area (Å²) in [5, 5.41) is 3.12. The van der Waals surface area contributed by atoms with Crippen molar-refractivity contribution >= 4 is 11.1 Å². The molecule has 1 aromatic carbocycles. The van der Waals surface area contributed by atoms with E-state index in [0.29, 0.717) is 0 Å². The second kappa shape index (κ2) is 5.52. The van der Waals surface area contributed by atoms with Gasteiger partial charge in [-0.25, -0.2) is 0 Å². The first-order valence-corrected chi connectivity index (χ1v) is 5.30. The van der Waals surface area contributed by atoms with Gasteiger partial charge in [-0.2, -0.15) is 0 Å². The lowest BCUT2D eigenvalue weighted by Gasteiger charge is -2.12. The molecule has 0 unspecified atom stereocenters. The van der Waals surface area contributed by atoms with Crippen LogP contribution in [-0.2, 0) is 0 Å². The van der Waals surface area contributed by atoms with Gasteiger partial charge in [0.05, 0.1) is 0 Å². The Bertz CT molecular complexity index is 363. The van der Waals surface area contributed by atoms with Gasteiger partial charge in [-0.1, -0.05) is 44.3 Å². The number of benzene rings is 1. The Hall–Kier alpha value is -1.34. The second-order valence-electron chi connectivity index (χ2n) is 3.64. The number of nitrogens with one attached hydrogen (secondary N) is 1. The number of rotatable bonds is 5. The highest BCUT2D eigenvalue weighted by Crippen LogP contribution is 2.24. The molecule has 1 heteroatoms. The normalized spacial score (nSPS) is 10.0. The van der Waals surface area contributed by atoms with Gasteiger partial charge in [0, 0.05) is 6.54 Å². The minimum Gasteiger partial charge on any atom is -0.316 e. The summed E-state index contributed by atoms with van der Waals surface area (Å²) in [6.07, 6.45) is 0.976. The fourth-order valence-electron chi connectivity index (χ4n) is 1.60. The van der Waals surface area contributed by atoms with Crippen LogP contribution < -0.4 is 5.32 Å². The van der Waals surface area contributed by atoms with Gasteiger partial charge in [-0.3, -0.25) is 0 Å². The van der Waals surface area contributed by atoms with E-state index < -0.39 is 0 Å². The van der Waals surface area contributed by atoms with E-state index in [9.17, 15) is 0 Å². The fraction of sp³-hybridized carbons (Fsp3) is 0.286. The summed E-state index contributed by atoms with van der Waals surface area (Å²) in [6.45, 7) is 11.1. The van der Waals surface area contributed by atoms with Crippen LogP contribution in [0, 0.1) is 0 Å². The molecule has 0 aliphatic heterocycles. The van der Waals surface area contributed by atoms with Gasteiger partial charge in [0.1, 0.15) is 0 Å². The van der Waals surface area contributed by atoms with Crippen LogP contribution in [0.25, 0.3) is 11.1 Å². The van der Waals surface area contributed by atoms with E-state index >= 15 is 0 Å². The van der Waals surface area contributed by atoms with E-state index in [1.165, 1.54) is 16.7 Å². The molecule has 0 radical (unpaired) electrons. The molecule has 0 amide bonds. The minimum absolute atomic E-state index is 0.813. The van der Waals surface area contributed by atoms with Gasteiger partial charge in [0.2, 0.25) is 0 Å². The van der Waals surface area contributed by atoms with Gasteiger partial charge in [0.15, 0.2) is 0 Å². The van der Waals surface area contributed by atoms with Crippen molar-refractivity contribution in [3.05, 3.63) is 48.6 Å². The third-order valence-corrected chi connectivity index (χ3v) is 2.51. The summed E-state index contributed by atoms with van der Waals surface area (Å²) in [4.78, 5) is 0. The quantitative estimate of drug-likeness (QED) is 0.770. The monoisotopic (exact) mass is 201 g/mol. The van der Waals surface area contributed by atoms with E-state index in [1.807, 2.05) is 19.2 Å². The van der Waals surface area contributed by atoms with Gasteiger partial charge >= 0.3 is 0 Å². The van der Waals surface area contributed by atoms with Crippen molar-refractivity contribution < 1.29 is 0 Å². The molecule has 80 valence electrons. The molecule has 0 spiro atoms. The molecule has 0 aliphatic carbocycles. The average molecular weight is 201 g/mol. The van der Waals surface area contributed by atoms with Crippen LogP contribution >= 0.6 is 0 Å². The zero-order chi connectivity index (χ0) is 11.3. The molecule has 0 bridgehead atoms. The van der Waals surface area contributed by atoms with Crippen LogP contribution in [0.15, 0.2) is 37.4 Å². The highest BCUT2D eigenvalue weighted by Gasteiger charge is 2.06. The van der Waals surface area contributed by atoms with Crippen molar-refractivity contribution in [1.82, 2.24) is 5.32 Å². The number of likely N-dealkylation sites (N-methyl/N-ethyl adjacent to an activating group) is 1. The van der Waals surface area contributed by atoms with Crippen LogP contribution in [0.5, 0.6) is 0 Å². The van der Waals surface area contributed by atoms with Crippen molar-refractivity contribution in [1.29, 1.82) is 0 Å². The summed E-state index contributed by atoms with van der Waals surface area (Å²) in [5.74, 6) is 0. The molecule has 0 saturated carbocycles. The molecular weight excluding hydrogens is 182 g/mol. The van der Waals surface area contributed by atoms with E-state index in [2.05, 4.69) is 37.5 Å². The van der Waals surface area contributed by atoms with Crippen LogP contribution in [0.2, 0.25) is 0 Å². The average Bonchev–Trinajstić information content (AvgIpc) is 2.28. The van der Waals surface area contributed by atoms with Crippen LogP contribution in [0.3, 0.4) is 0 Å². The maximum absolute atomic E-state index is 4.09. The van der Waals surface area contributed by atoms with Gasteiger partial charge in [-0.15, -0.1) is 0 Å². The predicted octanol–water partition coefficient (Wildman–Crippen LogP) is 3.34. The topological polar surface area (TPSA) is 12.0 Å². The van der Waals surface area contributed by atoms with Gasteiger partial charge in [-0.05, 0) is 35.7 Å². The van der Waals surface area contributed by atoms with E-state index in [-0.39, 0.29) is 0 Å². The lowest BCUT2D eigenvalue weighted by Crippen LogP contribution is -2.09. The van der Waals surface area contributed by atoms with Crippen molar-refractivity contribution in [2.24, 2.45) is 0 Å². The predicted molar refractivity (Wildman–Crippen MR) is 68.7 cm³/mol. The Morgan fingerprint density at radius 2 is 1.67 bits per heavy atom. The smallest absolute Gasteiger partial charge is 0.0202 e. The van der Waals surface area contributed by atoms with E-state index in [0.717, 1.165) is 18.5 Å². The third kappa shape index (κ3) is 2.80. The number of hydrogen-bond acceptors (Lipinski definition) is 1. The summed E-state index contributed by atoms with van der Waals surface area (Å²) in [6, 6.07) is 8.31. The van der Waals surface area contributed by atoms with Crippen molar-refractivity contribution in [3.8, 4) is 0 Å². The van der Waals surface area contributed by atoms with Gasteiger partial charge in [0.25, 0.3) is 0 Å². The zero-order valence-corrected chi connectivity index (χ0v) is 9.64. The summed E-state index contributed by atoms with van der Waals surface area (Å²) >= 11 is 0. The maximum atomic E-state index is 4.09. The standard InChI is InChI=1S/C14H19N/c1-5-11(2)13-8-6-7-9-14(13)12(3)10-15-4/h6-9,15H,2-3,5,10H2,1,4H3. The Kier molecular flexibility index (Phi) is 4.32. The second-order valence-corrected chi connectivity index (χ2v) is 3.64. The Morgan fingerprint density at radius 1 is 1.13 bits per heavy atom. The van der Waals surface area contributed by atoms with E-state index in [1.54, 1.807) is 0 Å². The van der Waals surface area contributed by atoms with Crippen LogP contribution in [0.4, 0.5) is 0 Å². The molecular formula is C14H19N. The van der Waals surface area contributed by atoms with Gasteiger partial charge < -0.3 is 5.32 Å². The molecule has 0 atom stereocenters. The summed E-state index contributed by atoms with van der Waals surface area (Å²) < 4.78 is 0. The highest BCUT2D eigenvalue weighted by atomic mass is 14.8. The van der Waals surface area contributed by atoms with Crippen LogP contribution in [-0.4, -0.2) is 13.6 Å². The number of hydrogen-bond donors (Lipinski definition) is 1. The third-order valence-electron chi connectivity index (χ3n) is 2.51. The highest BCUT2D eigenvalue weighted by molar-refractivity contribution is 5.78. The molecule has 0 aliphatic rings. The first kappa shape index (κ1) is 11.7. The SMILES string of the molecule is C=C(CC)c1ccccc1C(=C)CNC. The lowest BCUT2D eigenvalue weighted by molar-refractivity contribution is 0.932. The van der Waals surface area contributed by atoms with Crippen LogP contribution in [0.1, 0.15) is 24.5 Å². The lowest BCUT2D eigenvalue weighted by atomic mass is 9.95. The summed E-state index contributed by atoms with van der Waals surface area (Å²) in [7, 11) is 1.93. The van der Waals surface area contributed by atoms with E-state index in [4.69, 9.17) is 0 Å². The first-order valence-electron chi connectivity index (χ1n) is 5.30. The molecule has 0 aromatic heterocycles. The molecule has 1 aromatic rings. The molecule has 0 saturated heterocycles. The number of allylic oxidation sites excluding steroid dienone is 1. The largest absolute Gasteiger partial charge is 0.316 e. The summed E-state index contributed by atoms with van der Waals surface area (Å²) in [5.41, 5.74) is 4.71. The Labute approximate surface area is 92.5 Å². The maximum Gasteiger partial charge on any atom is 0.0202 e. The first-order chi connectivity index (χ1) is 7.20. The fourth-order valence-corrected chi connectivity index (χ4v) is 1.60. The molecule has 1 rings (SSSR count). The molecule has 0 heterocycles. The Balaban J connectivity index is 3.06. The molecule has 0 fully saturated rings. The Morgan fingerprint density at radius 3 is 2.13 bits per heavy atom. The van der Waals surface area contributed by atoms with Crippen molar-refractivity contribution in [3.63, 3.8) is 0 Å². The van der Waals surface area contributed by atoms with Crippen molar-refractivity contribution in [2.45, 2.75) is 13.3 Å².